The predicted molar refractivity (Wildman–Crippen MR) is 127 cm³/mol. The van der Waals surface area contributed by atoms with Gasteiger partial charge < -0.3 is 9.47 Å². The summed E-state index contributed by atoms with van der Waals surface area (Å²) >= 11 is 0. The monoisotopic (exact) mass is 412 g/mol. The molecule has 0 amide bonds. The maximum absolute atomic E-state index is 5.78. The molecule has 1 saturated carbocycles. The Balaban J connectivity index is 2.11. The van der Waals surface area contributed by atoms with E-state index in [4.69, 9.17) is 9.47 Å². The number of ether oxygens (including phenoxy) is 2. The number of rotatable bonds is 9. The van der Waals surface area contributed by atoms with Gasteiger partial charge in [0.25, 0.3) is 0 Å². The van der Waals surface area contributed by atoms with Crippen molar-refractivity contribution in [2.75, 3.05) is 14.2 Å². The van der Waals surface area contributed by atoms with E-state index in [0.29, 0.717) is 0 Å². The van der Waals surface area contributed by atoms with Crippen molar-refractivity contribution in [2.45, 2.75) is 76.5 Å². The molecule has 1 aliphatic rings. The van der Waals surface area contributed by atoms with Crippen LogP contribution in [0.5, 0.6) is 11.5 Å². The zero-order valence-corrected chi connectivity index (χ0v) is 19.5. The van der Waals surface area contributed by atoms with Crippen molar-refractivity contribution in [1.29, 1.82) is 0 Å². The smallest absolute Gasteiger partial charge is 0.130 e. The van der Waals surface area contributed by atoms with Crippen molar-refractivity contribution in [3.8, 4) is 22.6 Å². The Labute approximate surface area is 178 Å². The quantitative estimate of drug-likeness (QED) is 0.400. The first-order chi connectivity index (χ1) is 14.2. The first-order valence-corrected chi connectivity index (χ1v) is 12.8. The van der Waals surface area contributed by atoms with Crippen molar-refractivity contribution < 1.29 is 9.47 Å². The van der Waals surface area contributed by atoms with Gasteiger partial charge in [-0.3, -0.25) is 0 Å². The van der Waals surface area contributed by atoms with E-state index in [0.717, 1.165) is 28.4 Å². The van der Waals surface area contributed by atoms with Crippen LogP contribution in [-0.2, 0) is 0 Å². The van der Waals surface area contributed by atoms with Gasteiger partial charge in [0.2, 0.25) is 0 Å². The van der Waals surface area contributed by atoms with Crippen LogP contribution in [0.2, 0.25) is 0 Å². The SMILES string of the molecule is CCCCC(C)P(c1ccccc1-c1c(OC)cccc1OC)C1CCCCC1. The average molecular weight is 413 g/mol. The highest BCUT2D eigenvalue weighted by atomic mass is 31.1. The van der Waals surface area contributed by atoms with E-state index in [1.165, 1.54) is 56.9 Å². The molecule has 0 aromatic heterocycles. The van der Waals surface area contributed by atoms with Gasteiger partial charge in [0, 0.05) is 0 Å². The molecule has 2 unspecified atom stereocenters. The van der Waals surface area contributed by atoms with Crippen molar-refractivity contribution in [3.63, 3.8) is 0 Å². The molecule has 0 N–H and O–H groups in total. The summed E-state index contributed by atoms with van der Waals surface area (Å²) in [5, 5.41) is 1.54. The van der Waals surface area contributed by atoms with Crippen LogP contribution in [0.4, 0.5) is 0 Å². The Morgan fingerprint density at radius 2 is 1.59 bits per heavy atom. The summed E-state index contributed by atoms with van der Waals surface area (Å²) in [6.07, 6.45) is 10.9. The Bertz CT molecular complexity index is 745. The van der Waals surface area contributed by atoms with Gasteiger partial charge in [-0.15, -0.1) is 0 Å². The summed E-state index contributed by atoms with van der Waals surface area (Å²) < 4.78 is 11.6. The molecule has 0 radical (unpaired) electrons. The minimum Gasteiger partial charge on any atom is -0.496 e. The lowest BCUT2D eigenvalue weighted by Crippen LogP contribution is -2.24. The van der Waals surface area contributed by atoms with Crippen LogP contribution in [0.3, 0.4) is 0 Å². The molecule has 2 nitrogen and oxygen atoms in total. The van der Waals surface area contributed by atoms with Crippen molar-refractivity contribution in [1.82, 2.24) is 0 Å². The van der Waals surface area contributed by atoms with E-state index in [1.807, 2.05) is 6.07 Å². The number of benzene rings is 2. The predicted octanol–water partition coefficient (Wildman–Crippen LogP) is 7.39. The normalized spacial score (nSPS) is 17.0. The summed E-state index contributed by atoms with van der Waals surface area (Å²) in [7, 11) is 3.28. The minimum atomic E-state index is -0.237. The first kappa shape index (κ1) is 22.2. The lowest BCUT2D eigenvalue weighted by atomic mass is 10.0. The highest BCUT2D eigenvalue weighted by molar-refractivity contribution is 7.67. The van der Waals surface area contributed by atoms with Crippen molar-refractivity contribution in [2.24, 2.45) is 0 Å². The molecule has 0 heterocycles. The summed E-state index contributed by atoms with van der Waals surface area (Å²) in [4.78, 5) is 0. The highest BCUT2D eigenvalue weighted by Crippen LogP contribution is 2.54. The van der Waals surface area contributed by atoms with Crippen LogP contribution in [-0.4, -0.2) is 25.5 Å². The number of methoxy groups -OCH3 is 2. The number of hydrogen-bond donors (Lipinski definition) is 0. The Hall–Kier alpha value is -1.53. The zero-order valence-electron chi connectivity index (χ0n) is 18.6. The van der Waals surface area contributed by atoms with Gasteiger partial charge in [-0.05, 0) is 53.6 Å². The molecular formula is C26H37O2P. The molecule has 0 aliphatic heterocycles. The summed E-state index contributed by atoms with van der Waals surface area (Å²) in [5.74, 6) is 1.80. The second-order valence-electron chi connectivity index (χ2n) is 8.25. The van der Waals surface area contributed by atoms with Crippen LogP contribution in [0.1, 0.15) is 65.2 Å². The summed E-state index contributed by atoms with van der Waals surface area (Å²) in [6, 6.07) is 15.2. The van der Waals surface area contributed by atoms with Gasteiger partial charge in [0.1, 0.15) is 11.5 Å². The van der Waals surface area contributed by atoms with Crippen LogP contribution in [0.15, 0.2) is 42.5 Å². The molecule has 0 bridgehead atoms. The van der Waals surface area contributed by atoms with Crippen molar-refractivity contribution >= 4 is 13.2 Å². The molecule has 2 aromatic rings. The van der Waals surface area contributed by atoms with E-state index in [2.05, 4.69) is 50.2 Å². The maximum Gasteiger partial charge on any atom is 0.130 e. The van der Waals surface area contributed by atoms with Gasteiger partial charge >= 0.3 is 0 Å². The van der Waals surface area contributed by atoms with E-state index >= 15 is 0 Å². The summed E-state index contributed by atoms with van der Waals surface area (Å²) in [6.45, 7) is 4.81. The Morgan fingerprint density at radius 3 is 2.21 bits per heavy atom. The lowest BCUT2D eigenvalue weighted by Gasteiger charge is -2.37. The van der Waals surface area contributed by atoms with Crippen LogP contribution < -0.4 is 14.8 Å². The Morgan fingerprint density at radius 1 is 0.931 bits per heavy atom. The maximum atomic E-state index is 5.78. The van der Waals surface area contributed by atoms with E-state index in [1.54, 1.807) is 19.5 Å². The third-order valence-electron chi connectivity index (χ3n) is 6.30. The molecule has 0 spiro atoms. The van der Waals surface area contributed by atoms with Crippen LogP contribution in [0.25, 0.3) is 11.1 Å². The molecule has 1 aliphatic carbocycles. The van der Waals surface area contributed by atoms with E-state index in [9.17, 15) is 0 Å². The molecule has 2 aromatic carbocycles. The van der Waals surface area contributed by atoms with E-state index < -0.39 is 0 Å². The first-order valence-electron chi connectivity index (χ1n) is 11.3. The largest absolute Gasteiger partial charge is 0.496 e. The fourth-order valence-electron chi connectivity index (χ4n) is 4.82. The van der Waals surface area contributed by atoms with Crippen LogP contribution >= 0.6 is 7.92 Å². The topological polar surface area (TPSA) is 18.5 Å². The number of unbranched alkanes of at least 4 members (excludes halogenated alkanes) is 1. The molecule has 3 heteroatoms. The standard InChI is InChI=1S/C26H37O2P/c1-5-6-13-20(2)29(21-14-8-7-9-15-21)25-19-11-10-16-22(25)26-23(27-3)17-12-18-24(26)28-4/h10-12,16-21H,5-9,13-15H2,1-4H3. The van der Waals surface area contributed by atoms with Gasteiger partial charge in [0.05, 0.1) is 19.8 Å². The fourth-order valence-corrected chi connectivity index (χ4v) is 8.51. The van der Waals surface area contributed by atoms with Gasteiger partial charge in [-0.2, -0.15) is 0 Å². The minimum absolute atomic E-state index is 0.237. The van der Waals surface area contributed by atoms with Gasteiger partial charge in [-0.25, -0.2) is 0 Å². The second-order valence-corrected chi connectivity index (χ2v) is 11.2. The molecule has 158 valence electrons. The zero-order chi connectivity index (χ0) is 20.6. The molecular weight excluding hydrogens is 375 g/mol. The number of hydrogen-bond acceptors (Lipinski definition) is 2. The summed E-state index contributed by atoms with van der Waals surface area (Å²) in [5.41, 5.74) is 4.00. The lowest BCUT2D eigenvalue weighted by molar-refractivity contribution is 0.397. The third-order valence-corrected chi connectivity index (χ3v) is 9.76. The molecule has 1 fully saturated rings. The molecule has 0 saturated heterocycles. The third kappa shape index (κ3) is 5.15. The van der Waals surface area contributed by atoms with Crippen molar-refractivity contribution in [3.05, 3.63) is 42.5 Å². The molecule has 3 rings (SSSR count). The molecule has 2 atom stereocenters. The van der Waals surface area contributed by atoms with Gasteiger partial charge in [-0.1, -0.05) is 84.2 Å². The second kappa shape index (κ2) is 11.0. The Kier molecular flexibility index (Phi) is 8.42. The van der Waals surface area contributed by atoms with Gasteiger partial charge in [0.15, 0.2) is 0 Å². The van der Waals surface area contributed by atoms with Crippen LogP contribution in [0, 0.1) is 0 Å². The highest BCUT2D eigenvalue weighted by Gasteiger charge is 2.31. The molecule has 29 heavy (non-hydrogen) atoms. The van der Waals surface area contributed by atoms with E-state index in [-0.39, 0.29) is 7.92 Å². The fraction of sp³-hybridized carbons (Fsp3) is 0.538. The average Bonchev–Trinajstić information content (AvgIpc) is 2.78.